The first-order valence-corrected chi connectivity index (χ1v) is 6.71. The smallest absolute Gasteiger partial charge is 0.223 e. The minimum Gasteiger partial charge on any atom is -0.376 e. The molecule has 0 bridgehead atoms. The lowest BCUT2D eigenvalue weighted by Gasteiger charge is -2.14. The molecule has 20 heavy (non-hydrogen) atoms. The molecule has 1 aromatic rings. The third kappa shape index (κ3) is 5.61. The summed E-state index contributed by atoms with van der Waals surface area (Å²) in [6.45, 7) is 6.64. The van der Waals surface area contributed by atoms with Crippen molar-refractivity contribution in [1.29, 1.82) is 0 Å². The maximum atomic E-state index is 5.56. The van der Waals surface area contributed by atoms with Crippen molar-refractivity contribution in [2.24, 2.45) is 4.99 Å². The standard InChI is InChI=1S/C12H21N5O2.HI/c1-3-13-12(14-7-10-5-4-6-18-10)15-8-11-16-9(2)19-17-11;/h10H,3-8H2,1-2H3,(H2,13,14,15);1H. The molecule has 0 aromatic carbocycles. The molecule has 1 aliphatic rings. The maximum absolute atomic E-state index is 5.56. The number of hydrogen-bond acceptors (Lipinski definition) is 5. The predicted molar refractivity (Wildman–Crippen MR) is 86.2 cm³/mol. The van der Waals surface area contributed by atoms with E-state index in [1.165, 1.54) is 0 Å². The summed E-state index contributed by atoms with van der Waals surface area (Å²) in [6, 6.07) is 0. The fourth-order valence-corrected chi connectivity index (χ4v) is 1.91. The summed E-state index contributed by atoms with van der Waals surface area (Å²) in [5.41, 5.74) is 0. The lowest BCUT2D eigenvalue weighted by Crippen LogP contribution is -2.41. The van der Waals surface area contributed by atoms with Gasteiger partial charge in [0.05, 0.1) is 6.10 Å². The second-order valence-corrected chi connectivity index (χ2v) is 4.44. The van der Waals surface area contributed by atoms with E-state index in [0.29, 0.717) is 18.3 Å². The molecule has 0 radical (unpaired) electrons. The number of ether oxygens (including phenoxy) is 1. The van der Waals surface area contributed by atoms with Crippen LogP contribution in [0.25, 0.3) is 0 Å². The number of guanidine groups is 1. The van der Waals surface area contributed by atoms with E-state index in [2.05, 4.69) is 25.8 Å². The molecular formula is C12H22IN5O2. The van der Waals surface area contributed by atoms with Gasteiger partial charge in [0.2, 0.25) is 5.89 Å². The highest BCUT2D eigenvalue weighted by molar-refractivity contribution is 14.0. The van der Waals surface area contributed by atoms with Crippen LogP contribution in [-0.2, 0) is 11.3 Å². The number of nitrogens with one attached hydrogen (secondary N) is 2. The van der Waals surface area contributed by atoms with E-state index in [9.17, 15) is 0 Å². The maximum Gasteiger partial charge on any atom is 0.223 e. The van der Waals surface area contributed by atoms with Crippen molar-refractivity contribution in [3.05, 3.63) is 11.7 Å². The van der Waals surface area contributed by atoms with Crippen molar-refractivity contribution < 1.29 is 9.26 Å². The van der Waals surface area contributed by atoms with E-state index in [1.54, 1.807) is 6.92 Å². The monoisotopic (exact) mass is 395 g/mol. The molecule has 1 unspecified atom stereocenters. The highest BCUT2D eigenvalue weighted by atomic mass is 127. The molecule has 2 N–H and O–H groups in total. The van der Waals surface area contributed by atoms with Gasteiger partial charge in [-0.05, 0) is 19.8 Å². The molecule has 0 saturated carbocycles. The minimum absolute atomic E-state index is 0. The van der Waals surface area contributed by atoms with Crippen molar-refractivity contribution in [3.63, 3.8) is 0 Å². The zero-order valence-electron chi connectivity index (χ0n) is 11.9. The van der Waals surface area contributed by atoms with E-state index in [0.717, 1.165) is 38.5 Å². The Kier molecular flexibility index (Phi) is 7.82. The third-order valence-electron chi connectivity index (χ3n) is 2.81. The quantitative estimate of drug-likeness (QED) is 0.443. The first-order chi connectivity index (χ1) is 9.28. The van der Waals surface area contributed by atoms with E-state index >= 15 is 0 Å². The van der Waals surface area contributed by atoms with Crippen LogP contribution in [0.3, 0.4) is 0 Å². The number of nitrogens with zero attached hydrogens (tertiary/aromatic N) is 3. The zero-order chi connectivity index (χ0) is 13.5. The van der Waals surface area contributed by atoms with Crippen LogP contribution in [0.5, 0.6) is 0 Å². The summed E-state index contributed by atoms with van der Waals surface area (Å²) < 4.78 is 10.5. The summed E-state index contributed by atoms with van der Waals surface area (Å²) >= 11 is 0. The van der Waals surface area contributed by atoms with E-state index in [1.807, 2.05) is 6.92 Å². The summed E-state index contributed by atoms with van der Waals surface area (Å²) in [5, 5.41) is 10.3. The van der Waals surface area contributed by atoms with Crippen molar-refractivity contribution in [2.45, 2.75) is 39.3 Å². The number of aromatic nitrogens is 2. The second kappa shape index (κ2) is 9.11. The average molecular weight is 395 g/mol. The van der Waals surface area contributed by atoms with Gasteiger partial charge in [0.15, 0.2) is 11.8 Å². The van der Waals surface area contributed by atoms with Gasteiger partial charge in [0.1, 0.15) is 6.54 Å². The van der Waals surface area contributed by atoms with Crippen LogP contribution in [0.1, 0.15) is 31.5 Å². The van der Waals surface area contributed by atoms with Crippen LogP contribution in [0.4, 0.5) is 0 Å². The van der Waals surface area contributed by atoms with Crippen molar-refractivity contribution in [3.8, 4) is 0 Å². The lowest BCUT2D eigenvalue weighted by molar-refractivity contribution is 0.114. The molecule has 1 fully saturated rings. The predicted octanol–water partition coefficient (Wildman–Crippen LogP) is 1.23. The van der Waals surface area contributed by atoms with Crippen LogP contribution in [0.15, 0.2) is 9.52 Å². The number of halogens is 1. The van der Waals surface area contributed by atoms with E-state index in [-0.39, 0.29) is 30.1 Å². The van der Waals surface area contributed by atoms with E-state index < -0.39 is 0 Å². The van der Waals surface area contributed by atoms with Gasteiger partial charge in [-0.15, -0.1) is 24.0 Å². The second-order valence-electron chi connectivity index (χ2n) is 4.44. The molecule has 1 aliphatic heterocycles. The summed E-state index contributed by atoms with van der Waals surface area (Å²) in [7, 11) is 0. The number of hydrogen-bond donors (Lipinski definition) is 2. The van der Waals surface area contributed by atoms with E-state index in [4.69, 9.17) is 9.26 Å². The first-order valence-electron chi connectivity index (χ1n) is 6.71. The topological polar surface area (TPSA) is 84.6 Å². The summed E-state index contributed by atoms with van der Waals surface area (Å²) in [5.74, 6) is 1.90. The fourth-order valence-electron chi connectivity index (χ4n) is 1.91. The first kappa shape index (κ1) is 17.2. The molecule has 0 aliphatic carbocycles. The lowest BCUT2D eigenvalue weighted by atomic mass is 10.2. The molecule has 0 spiro atoms. The van der Waals surface area contributed by atoms with Gasteiger partial charge < -0.3 is 19.9 Å². The Hall–Kier alpha value is -0.900. The van der Waals surface area contributed by atoms with Gasteiger partial charge in [-0.25, -0.2) is 4.99 Å². The molecule has 7 nitrogen and oxygen atoms in total. The van der Waals surface area contributed by atoms with Crippen molar-refractivity contribution >= 4 is 29.9 Å². The fraction of sp³-hybridized carbons (Fsp3) is 0.750. The molecule has 2 heterocycles. The highest BCUT2D eigenvalue weighted by Gasteiger charge is 2.15. The Morgan fingerprint density at radius 3 is 2.90 bits per heavy atom. The Morgan fingerprint density at radius 2 is 2.30 bits per heavy atom. The molecule has 0 amide bonds. The van der Waals surface area contributed by atoms with Crippen LogP contribution in [-0.4, -0.2) is 41.9 Å². The Balaban J connectivity index is 0.00000200. The largest absolute Gasteiger partial charge is 0.376 e. The summed E-state index contributed by atoms with van der Waals surface area (Å²) in [6.07, 6.45) is 2.54. The van der Waals surface area contributed by atoms with Gasteiger partial charge in [-0.2, -0.15) is 4.98 Å². The molecule has 114 valence electrons. The number of aliphatic imine (C=N–C) groups is 1. The van der Waals surface area contributed by atoms with Gasteiger partial charge >= 0.3 is 0 Å². The zero-order valence-corrected chi connectivity index (χ0v) is 14.2. The van der Waals surface area contributed by atoms with Crippen molar-refractivity contribution in [1.82, 2.24) is 20.8 Å². The Labute approximate surface area is 136 Å². The van der Waals surface area contributed by atoms with Gasteiger partial charge in [0, 0.05) is 26.6 Å². The average Bonchev–Trinajstić information content (AvgIpc) is 3.04. The SMILES string of the molecule is CCNC(=NCc1noc(C)n1)NCC1CCCO1.I. The molecule has 1 aromatic heterocycles. The highest BCUT2D eigenvalue weighted by Crippen LogP contribution is 2.10. The third-order valence-corrected chi connectivity index (χ3v) is 2.81. The number of aryl methyl sites for hydroxylation is 1. The molecule has 8 heteroatoms. The number of rotatable bonds is 5. The van der Waals surface area contributed by atoms with Gasteiger partial charge in [0.25, 0.3) is 0 Å². The van der Waals surface area contributed by atoms with Crippen molar-refractivity contribution in [2.75, 3.05) is 19.7 Å². The molecule has 1 saturated heterocycles. The summed E-state index contributed by atoms with van der Waals surface area (Å²) in [4.78, 5) is 8.53. The van der Waals surface area contributed by atoms with Gasteiger partial charge in [-0.1, -0.05) is 5.16 Å². The van der Waals surface area contributed by atoms with Crippen LogP contribution in [0, 0.1) is 6.92 Å². The van der Waals surface area contributed by atoms with Crippen LogP contribution >= 0.6 is 24.0 Å². The Morgan fingerprint density at radius 1 is 1.45 bits per heavy atom. The van der Waals surface area contributed by atoms with Crippen LogP contribution < -0.4 is 10.6 Å². The normalized spacial score (nSPS) is 18.7. The molecule has 2 rings (SSSR count). The molecular weight excluding hydrogens is 373 g/mol. The molecule has 1 atom stereocenters. The minimum atomic E-state index is 0. The van der Waals surface area contributed by atoms with Crippen LogP contribution in [0.2, 0.25) is 0 Å². The van der Waals surface area contributed by atoms with Gasteiger partial charge in [-0.3, -0.25) is 0 Å². The Bertz CT molecular complexity index is 418.